The Balaban J connectivity index is 0. The Morgan fingerprint density at radius 2 is 0.646 bits per heavy atom. The van der Waals surface area contributed by atoms with Crippen molar-refractivity contribution in [2.45, 2.75) is 182 Å². The number of hydrogen-bond donors (Lipinski definition) is 2. The molecule has 0 unspecified atom stereocenters. The first-order valence-corrected chi connectivity index (χ1v) is 25.2. The fourth-order valence-corrected chi connectivity index (χ4v) is 7.64. The molecule has 14 heteroatoms. The molecule has 0 saturated carbocycles. The summed E-state index contributed by atoms with van der Waals surface area (Å²) in [6.45, 7) is 11.1. The van der Waals surface area contributed by atoms with Gasteiger partial charge < -0.3 is 9.79 Å². The Hall–Kier alpha value is 0.823. The van der Waals surface area contributed by atoms with Crippen LogP contribution in [0.5, 0.6) is 0 Å². The molecule has 1 fully saturated rings. The summed E-state index contributed by atoms with van der Waals surface area (Å²) < 4.78 is 62.3. The van der Waals surface area contributed by atoms with Crippen LogP contribution in [-0.2, 0) is 58.3 Å². The van der Waals surface area contributed by atoms with E-state index in [4.69, 9.17) is 18.1 Å². The number of hydrogen-bond acceptors (Lipinski definition) is 9. The number of rotatable bonds is 32. The van der Waals surface area contributed by atoms with Gasteiger partial charge in [-0.15, -0.1) is 0 Å². The van der Waals surface area contributed by atoms with Gasteiger partial charge in [-0.2, -0.15) is 0 Å². The van der Waals surface area contributed by atoms with E-state index in [-0.39, 0.29) is 0 Å². The third kappa shape index (κ3) is 43.0. The topological polar surface area (TPSA) is 147 Å². The Bertz CT molecular complexity index is 673. The van der Waals surface area contributed by atoms with Gasteiger partial charge >= 0.3 is 59.9 Å². The summed E-state index contributed by atoms with van der Waals surface area (Å²) in [6.07, 6.45) is 27.1. The molecule has 1 heterocycles. The zero-order chi connectivity index (χ0) is 36.0. The van der Waals surface area contributed by atoms with Crippen molar-refractivity contribution in [3.05, 3.63) is 0 Å². The summed E-state index contributed by atoms with van der Waals surface area (Å²) in [6, 6.07) is 0. The molecule has 0 spiro atoms. The molecule has 0 aromatic carbocycles. The molecule has 1 aliphatic rings. The maximum absolute atomic E-state index is 11.6. The van der Waals surface area contributed by atoms with Gasteiger partial charge in [0, 0.05) is 0 Å². The molecule has 0 bridgehead atoms. The minimum absolute atomic E-state index is 0.316. The summed E-state index contributed by atoms with van der Waals surface area (Å²) in [5, 5.41) is 0. The fraction of sp³-hybridized carbons (Fsp3) is 1.00. The standard InChI is InChI=1S/2C16H35O4P.C2H4O2.O.Zr/c2*1-3-5-7-9-11-13-15-19-21(17,18)20-16-14-12-10-8-6-4-2;3-1-2-4;;/h2*3-16H2,1-2H3,(H,17,18);1-2H2;;/q;;-2;;+2. The molecular formula is C34H74O11P2Zr. The molecule has 0 radical (unpaired) electrons. The van der Waals surface area contributed by atoms with Crippen LogP contribution in [-0.4, -0.2) is 49.4 Å². The monoisotopic (exact) mass is 810 g/mol. The summed E-state index contributed by atoms with van der Waals surface area (Å²) in [5.41, 5.74) is 0. The van der Waals surface area contributed by atoms with Crippen molar-refractivity contribution in [2.75, 3.05) is 39.6 Å². The molecular weight excluding hydrogens is 738 g/mol. The molecule has 0 aromatic heterocycles. The number of phosphoric ester groups is 2. The van der Waals surface area contributed by atoms with Crippen LogP contribution in [0.1, 0.15) is 182 Å². The third-order valence-electron chi connectivity index (χ3n) is 7.53. The average molecular weight is 812 g/mol. The molecule has 1 rings (SSSR count). The van der Waals surface area contributed by atoms with Crippen LogP contribution in [0.4, 0.5) is 0 Å². The molecule has 1 aliphatic heterocycles. The van der Waals surface area contributed by atoms with Crippen LogP contribution < -0.4 is 0 Å². The molecule has 0 atom stereocenters. The average Bonchev–Trinajstić information content (AvgIpc) is 3.54. The normalized spacial score (nSPS) is 13.2. The van der Waals surface area contributed by atoms with Crippen molar-refractivity contribution in [1.29, 1.82) is 0 Å². The van der Waals surface area contributed by atoms with Gasteiger partial charge in [0.05, 0.1) is 26.4 Å². The molecule has 290 valence electrons. The molecule has 48 heavy (non-hydrogen) atoms. The Labute approximate surface area is 303 Å². The minimum atomic E-state index is -3.82. The van der Waals surface area contributed by atoms with Crippen molar-refractivity contribution in [2.24, 2.45) is 0 Å². The predicted octanol–water partition coefficient (Wildman–Crippen LogP) is 11.5. The van der Waals surface area contributed by atoms with E-state index in [1.165, 1.54) is 103 Å². The third-order valence-corrected chi connectivity index (χ3v) is 11.7. The van der Waals surface area contributed by atoms with E-state index in [9.17, 15) is 21.7 Å². The molecule has 2 N–H and O–H groups in total. The second-order valence-corrected chi connectivity index (χ2v) is 17.8. The van der Waals surface area contributed by atoms with Crippen LogP contribution in [0.3, 0.4) is 0 Å². The van der Waals surface area contributed by atoms with Gasteiger partial charge in [-0.25, -0.2) is 9.13 Å². The Kier molecular flexibility index (Phi) is 41.4. The summed E-state index contributed by atoms with van der Waals surface area (Å²) in [5.74, 6) is 0. The number of phosphoric acid groups is 2. The Morgan fingerprint density at radius 3 is 0.833 bits per heavy atom. The summed E-state index contributed by atoms with van der Waals surface area (Å²) >= 11 is -2.76. The summed E-state index contributed by atoms with van der Waals surface area (Å²) in [7, 11) is -7.63. The van der Waals surface area contributed by atoms with E-state index in [1.54, 1.807) is 0 Å². The van der Waals surface area contributed by atoms with E-state index in [0.717, 1.165) is 51.4 Å². The van der Waals surface area contributed by atoms with Gasteiger partial charge in [-0.1, -0.05) is 156 Å². The van der Waals surface area contributed by atoms with Gasteiger partial charge in [-0.05, 0) is 25.7 Å². The predicted molar refractivity (Wildman–Crippen MR) is 190 cm³/mol. The van der Waals surface area contributed by atoms with Gasteiger partial charge in [0.1, 0.15) is 0 Å². The molecule has 0 amide bonds. The van der Waals surface area contributed by atoms with E-state index >= 15 is 0 Å². The van der Waals surface area contributed by atoms with E-state index in [0.29, 0.717) is 39.6 Å². The molecule has 11 nitrogen and oxygen atoms in total. The summed E-state index contributed by atoms with van der Waals surface area (Å²) in [4.78, 5) is 19.0. The second kappa shape index (κ2) is 39.0. The van der Waals surface area contributed by atoms with Gasteiger partial charge in [-0.3, -0.25) is 18.1 Å². The van der Waals surface area contributed by atoms with Crippen molar-refractivity contribution in [3.63, 3.8) is 0 Å². The molecule has 0 aliphatic carbocycles. The van der Waals surface area contributed by atoms with Crippen molar-refractivity contribution < 1.29 is 68.1 Å². The first-order valence-electron chi connectivity index (χ1n) is 19.2. The zero-order valence-electron chi connectivity index (χ0n) is 31.2. The van der Waals surface area contributed by atoms with Crippen LogP contribution >= 0.6 is 15.6 Å². The van der Waals surface area contributed by atoms with Gasteiger partial charge in [0.25, 0.3) is 0 Å². The fourth-order valence-electron chi connectivity index (χ4n) is 4.62. The Morgan fingerprint density at radius 1 is 0.438 bits per heavy atom. The van der Waals surface area contributed by atoms with Gasteiger partial charge in [0.15, 0.2) is 0 Å². The second-order valence-electron chi connectivity index (χ2n) is 12.3. The van der Waals surface area contributed by atoms with E-state index in [2.05, 4.69) is 33.3 Å². The number of unbranched alkanes of at least 4 members (excludes halogenated alkanes) is 20. The van der Waals surface area contributed by atoms with Crippen molar-refractivity contribution in [1.82, 2.24) is 0 Å². The van der Waals surface area contributed by atoms with Crippen molar-refractivity contribution >= 4 is 15.6 Å². The van der Waals surface area contributed by atoms with E-state index in [1.807, 2.05) is 0 Å². The zero-order valence-corrected chi connectivity index (χ0v) is 35.4. The van der Waals surface area contributed by atoms with Crippen LogP contribution in [0.2, 0.25) is 0 Å². The first-order chi connectivity index (χ1) is 23.1. The van der Waals surface area contributed by atoms with Crippen LogP contribution in [0, 0.1) is 0 Å². The first kappa shape index (κ1) is 50.9. The molecule has 0 aromatic rings. The van der Waals surface area contributed by atoms with Crippen LogP contribution in [0.25, 0.3) is 0 Å². The quantitative estimate of drug-likeness (QED) is 0.0494. The van der Waals surface area contributed by atoms with E-state index < -0.39 is 38.3 Å². The SMILES string of the molecule is CCCCCCCCOP(=O)(O)OCCCCCCCC.CCCCCCCCOP(=O)(O)OCCCCCCCC.[O]=[Zr]1[O]CC[O]1. The van der Waals surface area contributed by atoms with Gasteiger partial charge in [0.2, 0.25) is 0 Å². The van der Waals surface area contributed by atoms with Crippen LogP contribution in [0.15, 0.2) is 0 Å². The van der Waals surface area contributed by atoms with Crippen molar-refractivity contribution in [3.8, 4) is 0 Å². The maximum atomic E-state index is 11.6. The molecule has 1 saturated heterocycles.